The van der Waals surface area contributed by atoms with Crippen molar-refractivity contribution in [2.45, 2.75) is 19.8 Å². The van der Waals surface area contributed by atoms with Gasteiger partial charge in [-0.2, -0.15) is 4.98 Å². The van der Waals surface area contributed by atoms with Crippen molar-refractivity contribution in [2.75, 3.05) is 13.1 Å². The van der Waals surface area contributed by atoms with Gasteiger partial charge in [-0.1, -0.05) is 12.1 Å². The quantitative estimate of drug-likeness (QED) is 0.882. The number of hydrogen-bond acceptors (Lipinski definition) is 5. The van der Waals surface area contributed by atoms with E-state index in [-0.39, 0.29) is 0 Å². The molecule has 0 amide bonds. The molecule has 0 bridgehead atoms. The van der Waals surface area contributed by atoms with Gasteiger partial charge in [-0.3, -0.25) is 4.98 Å². The van der Waals surface area contributed by atoms with Crippen molar-refractivity contribution < 1.29 is 4.52 Å². The molecule has 1 saturated heterocycles. The van der Waals surface area contributed by atoms with E-state index in [0.29, 0.717) is 11.7 Å². The standard InChI is InChI=1S/C13H16N4O/c1-2-10-8-14-4-3-11(10)13-16-12(18-17-13)5-9-6-15-7-9/h3-4,8-9,15H,2,5-7H2,1H3. The molecule has 18 heavy (non-hydrogen) atoms. The first-order chi connectivity index (χ1) is 8.86. The van der Waals surface area contributed by atoms with E-state index in [4.69, 9.17) is 4.52 Å². The Kier molecular flexibility index (Phi) is 3.06. The zero-order valence-electron chi connectivity index (χ0n) is 10.4. The molecular formula is C13H16N4O. The third kappa shape index (κ3) is 2.13. The summed E-state index contributed by atoms with van der Waals surface area (Å²) in [6.07, 6.45) is 5.41. The smallest absolute Gasteiger partial charge is 0.227 e. The fourth-order valence-corrected chi connectivity index (χ4v) is 2.11. The minimum atomic E-state index is 0.640. The van der Waals surface area contributed by atoms with Gasteiger partial charge in [-0.15, -0.1) is 0 Å². The van der Waals surface area contributed by atoms with Crippen LogP contribution in [0.2, 0.25) is 0 Å². The van der Waals surface area contributed by atoms with E-state index in [9.17, 15) is 0 Å². The lowest BCUT2D eigenvalue weighted by Gasteiger charge is -2.25. The molecular weight excluding hydrogens is 228 g/mol. The summed E-state index contributed by atoms with van der Waals surface area (Å²) >= 11 is 0. The average Bonchev–Trinajstić information content (AvgIpc) is 2.82. The van der Waals surface area contributed by atoms with E-state index in [2.05, 4.69) is 27.4 Å². The maximum absolute atomic E-state index is 5.32. The Morgan fingerprint density at radius 2 is 2.33 bits per heavy atom. The summed E-state index contributed by atoms with van der Waals surface area (Å²) in [7, 11) is 0. The predicted octanol–water partition coefficient (Wildman–Crippen LogP) is 1.46. The number of hydrogen-bond donors (Lipinski definition) is 1. The number of aromatic nitrogens is 3. The summed E-state index contributed by atoms with van der Waals surface area (Å²) in [5.74, 6) is 2.05. The van der Waals surface area contributed by atoms with Crippen molar-refractivity contribution in [2.24, 2.45) is 5.92 Å². The first-order valence-electron chi connectivity index (χ1n) is 6.33. The molecule has 1 aliphatic heterocycles. The minimum absolute atomic E-state index is 0.640. The van der Waals surface area contributed by atoms with Crippen molar-refractivity contribution in [1.82, 2.24) is 20.4 Å². The number of aryl methyl sites for hydroxylation is 1. The molecule has 3 heterocycles. The van der Waals surface area contributed by atoms with Crippen LogP contribution >= 0.6 is 0 Å². The van der Waals surface area contributed by atoms with E-state index in [1.165, 1.54) is 0 Å². The Bertz CT molecular complexity index is 533. The van der Waals surface area contributed by atoms with E-state index in [1.807, 2.05) is 12.3 Å². The van der Waals surface area contributed by atoms with Crippen LogP contribution in [0.1, 0.15) is 18.4 Å². The molecule has 0 radical (unpaired) electrons. The van der Waals surface area contributed by atoms with E-state index < -0.39 is 0 Å². The summed E-state index contributed by atoms with van der Waals surface area (Å²) in [5, 5.41) is 7.31. The van der Waals surface area contributed by atoms with Gasteiger partial charge in [-0.25, -0.2) is 0 Å². The Morgan fingerprint density at radius 3 is 3.06 bits per heavy atom. The summed E-state index contributed by atoms with van der Waals surface area (Å²) < 4.78 is 5.32. The van der Waals surface area contributed by atoms with Gasteiger partial charge < -0.3 is 9.84 Å². The molecule has 0 saturated carbocycles. The summed E-state index contributed by atoms with van der Waals surface area (Å²) in [6.45, 7) is 4.20. The van der Waals surface area contributed by atoms with Gasteiger partial charge in [0, 0.05) is 24.4 Å². The molecule has 3 rings (SSSR count). The van der Waals surface area contributed by atoms with Crippen LogP contribution in [0.4, 0.5) is 0 Å². The topological polar surface area (TPSA) is 63.8 Å². The summed E-state index contributed by atoms with van der Waals surface area (Å²) in [4.78, 5) is 8.60. The van der Waals surface area contributed by atoms with Gasteiger partial charge in [0.2, 0.25) is 11.7 Å². The molecule has 1 fully saturated rings. The van der Waals surface area contributed by atoms with Crippen LogP contribution in [0.15, 0.2) is 23.0 Å². The monoisotopic (exact) mass is 244 g/mol. The van der Waals surface area contributed by atoms with Crippen LogP contribution in [-0.2, 0) is 12.8 Å². The van der Waals surface area contributed by atoms with Gasteiger partial charge in [0.05, 0.1) is 0 Å². The highest BCUT2D eigenvalue weighted by Crippen LogP contribution is 2.21. The summed E-state index contributed by atoms with van der Waals surface area (Å²) in [5.41, 5.74) is 2.17. The van der Waals surface area contributed by atoms with Crippen molar-refractivity contribution in [3.05, 3.63) is 29.9 Å². The third-order valence-corrected chi connectivity index (χ3v) is 3.32. The van der Waals surface area contributed by atoms with E-state index >= 15 is 0 Å². The second kappa shape index (κ2) is 4.86. The van der Waals surface area contributed by atoms with E-state index in [1.54, 1.807) is 6.20 Å². The van der Waals surface area contributed by atoms with Crippen molar-refractivity contribution >= 4 is 0 Å². The first-order valence-corrected chi connectivity index (χ1v) is 6.33. The Hall–Kier alpha value is -1.75. The molecule has 0 spiro atoms. The Morgan fingerprint density at radius 1 is 1.44 bits per heavy atom. The molecule has 0 aliphatic carbocycles. The Balaban J connectivity index is 1.83. The maximum Gasteiger partial charge on any atom is 0.227 e. The second-order valence-electron chi connectivity index (χ2n) is 4.63. The summed E-state index contributed by atoms with van der Waals surface area (Å²) in [6, 6.07) is 1.94. The maximum atomic E-state index is 5.32. The Labute approximate surface area is 106 Å². The van der Waals surface area contributed by atoms with Crippen LogP contribution in [-0.4, -0.2) is 28.2 Å². The van der Waals surface area contributed by atoms with Crippen LogP contribution in [0, 0.1) is 5.92 Å². The van der Waals surface area contributed by atoms with Crippen molar-refractivity contribution in [3.63, 3.8) is 0 Å². The lowest BCUT2D eigenvalue weighted by atomic mass is 10.00. The van der Waals surface area contributed by atoms with Gasteiger partial charge in [0.15, 0.2) is 0 Å². The number of nitrogens with one attached hydrogen (secondary N) is 1. The fourth-order valence-electron chi connectivity index (χ4n) is 2.11. The molecule has 0 unspecified atom stereocenters. The zero-order valence-corrected chi connectivity index (χ0v) is 10.4. The van der Waals surface area contributed by atoms with Crippen molar-refractivity contribution in [3.8, 4) is 11.4 Å². The third-order valence-electron chi connectivity index (χ3n) is 3.32. The SMILES string of the molecule is CCc1cnccc1-c1noc(CC2CNC2)n1. The van der Waals surface area contributed by atoms with Crippen LogP contribution < -0.4 is 5.32 Å². The van der Waals surface area contributed by atoms with Crippen LogP contribution in [0.25, 0.3) is 11.4 Å². The molecule has 2 aromatic rings. The lowest BCUT2D eigenvalue weighted by Crippen LogP contribution is -2.43. The minimum Gasteiger partial charge on any atom is -0.339 e. The lowest BCUT2D eigenvalue weighted by molar-refractivity contribution is 0.296. The molecule has 2 aromatic heterocycles. The number of rotatable bonds is 4. The molecule has 1 N–H and O–H groups in total. The molecule has 0 aromatic carbocycles. The number of nitrogens with zero attached hydrogens (tertiary/aromatic N) is 3. The van der Waals surface area contributed by atoms with Crippen molar-refractivity contribution in [1.29, 1.82) is 0 Å². The highest BCUT2D eigenvalue weighted by Gasteiger charge is 2.21. The molecule has 1 aliphatic rings. The molecule has 0 atom stereocenters. The number of pyridine rings is 1. The van der Waals surface area contributed by atoms with Crippen LogP contribution in [0.3, 0.4) is 0 Å². The predicted molar refractivity (Wildman–Crippen MR) is 67.0 cm³/mol. The largest absolute Gasteiger partial charge is 0.339 e. The van der Waals surface area contributed by atoms with Gasteiger partial charge >= 0.3 is 0 Å². The van der Waals surface area contributed by atoms with Gasteiger partial charge in [0.25, 0.3) is 0 Å². The molecule has 94 valence electrons. The molecule has 5 heteroatoms. The van der Waals surface area contributed by atoms with E-state index in [0.717, 1.165) is 42.9 Å². The van der Waals surface area contributed by atoms with Crippen LogP contribution in [0.5, 0.6) is 0 Å². The second-order valence-corrected chi connectivity index (χ2v) is 4.63. The first kappa shape index (κ1) is 11.3. The van der Waals surface area contributed by atoms with Gasteiger partial charge in [-0.05, 0) is 37.1 Å². The fraction of sp³-hybridized carbons (Fsp3) is 0.462. The molecule has 5 nitrogen and oxygen atoms in total. The average molecular weight is 244 g/mol. The highest BCUT2D eigenvalue weighted by molar-refractivity contribution is 5.58. The zero-order chi connectivity index (χ0) is 12.4. The van der Waals surface area contributed by atoms with Gasteiger partial charge in [0.1, 0.15) is 0 Å². The highest BCUT2D eigenvalue weighted by atomic mass is 16.5. The normalized spacial score (nSPS) is 15.6.